The Morgan fingerprint density at radius 3 is 2.00 bits per heavy atom. The molecule has 0 saturated heterocycles. The molecule has 0 unspecified atom stereocenters. The number of rotatable bonds is 7. The highest BCUT2D eigenvalue weighted by molar-refractivity contribution is 5.79. The average Bonchev–Trinajstić information content (AvgIpc) is 2.60. The van der Waals surface area contributed by atoms with E-state index >= 15 is 0 Å². The molecule has 0 aromatic heterocycles. The third kappa shape index (κ3) is 4.47. The molecular formula is C14H10N4O8. The lowest BCUT2D eigenvalue weighted by molar-refractivity contribution is -0.393. The van der Waals surface area contributed by atoms with Crippen molar-refractivity contribution in [2.45, 2.75) is 0 Å². The van der Waals surface area contributed by atoms with Crippen LogP contribution in [0.2, 0.25) is 0 Å². The van der Waals surface area contributed by atoms with Crippen molar-refractivity contribution in [3.63, 3.8) is 0 Å². The van der Waals surface area contributed by atoms with E-state index in [-0.39, 0.29) is 17.1 Å². The first-order chi connectivity index (χ1) is 12.3. The SMILES string of the molecule is O=C(CNc1ccc([N+](=O)[O-])cc1[N+](=O)[O-])Oc1ccc([N+](=O)[O-])cc1. The van der Waals surface area contributed by atoms with Gasteiger partial charge in [-0.25, -0.2) is 4.79 Å². The lowest BCUT2D eigenvalue weighted by atomic mass is 10.2. The molecule has 0 aliphatic rings. The number of non-ortho nitro benzene ring substituents is 2. The Labute approximate surface area is 144 Å². The quantitative estimate of drug-likeness (QED) is 0.336. The maximum Gasteiger partial charge on any atom is 0.330 e. The molecule has 12 nitrogen and oxygen atoms in total. The third-order valence-corrected chi connectivity index (χ3v) is 3.09. The molecule has 0 radical (unpaired) electrons. The number of hydrogen-bond donors (Lipinski definition) is 1. The highest BCUT2D eigenvalue weighted by atomic mass is 16.6. The first kappa shape index (κ1) is 18.3. The van der Waals surface area contributed by atoms with Crippen LogP contribution in [-0.4, -0.2) is 27.3 Å². The summed E-state index contributed by atoms with van der Waals surface area (Å²) in [4.78, 5) is 41.8. The molecule has 0 heterocycles. The molecule has 134 valence electrons. The summed E-state index contributed by atoms with van der Waals surface area (Å²) < 4.78 is 4.93. The van der Waals surface area contributed by atoms with Gasteiger partial charge in [0.2, 0.25) is 0 Å². The van der Waals surface area contributed by atoms with Gasteiger partial charge in [-0.15, -0.1) is 0 Å². The van der Waals surface area contributed by atoms with E-state index in [2.05, 4.69) is 5.32 Å². The van der Waals surface area contributed by atoms with E-state index in [1.54, 1.807) is 0 Å². The van der Waals surface area contributed by atoms with Crippen LogP contribution in [0.4, 0.5) is 22.7 Å². The van der Waals surface area contributed by atoms with Gasteiger partial charge in [0.05, 0.1) is 20.8 Å². The predicted molar refractivity (Wildman–Crippen MR) is 87.0 cm³/mol. The highest BCUT2D eigenvalue weighted by Gasteiger charge is 2.20. The minimum absolute atomic E-state index is 0.0561. The summed E-state index contributed by atoms with van der Waals surface area (Å²) in [6.45, 7) is -0.463. The Morgan fingerprint density at radius 1 is 0.885 bits per heavy atom. The Bertz CT molecular complexity index is 881. The predicted octanol–water partition coefficient (Wildman–Crippen LogP) is 2.43. The maximum atomic E-state index is 11.8. The smallest absolute Gasteiger partial charge is 0.330 e. The second-order valence-electron chi connectivity index (χ2n) is 4.79. The van der Waals surface area contributed by atoms with Crippen LogP contribution in [0.5, 0.6) is 5.75 Å². The average molecular weight is 362 g/mol. The normalized spacial score (nSPS) is 10.0. The first-order valence-electron chi connectivity index (χ1n) is 6.90. The van der Waals surface area contributed by atoms with Crippen molar-refractivity contribution in [1.82, 2.24) is 0 Å². The molecule has 0 atom stereocenters. The van der Waals surface area contributed by atoms with E-state index in [1.165, 1.54) is 12.1 Å². The number of carbonyl (C=O) groups excluding carboxylic acids is 1. The van der Waals surface area contributed by atoms with Crippen molar-refractivity contribution in [3.8, 4) is 5.75 Å². The Hall–Kier alpha value is -4.09. The molecule has 26 heavy (non-hydrogen) atoms. The third-order valence-electron chi connectivity index (χ3n) is 3.09. The summed E-state index contributed by atoms with van der Waals surface area (Å²) in [7, 11) is 0. The lowest BCUT2D eigenvalue weighted by Crippen LogP contribution is -2.20. The van der Waals surface area contributed by atoms with Gasteiger partial charge in [-0.1, -0.05) is 0 Å². The molecule has 0 bridgehead atoms. The minimum atomic E-state index is -0.822. The summed E-state index contributed by atoms with van der Waals surface area (Å²) >= 11 is 0. The van der Waals surface area contributed by atoms with Gasteiger partial charge in [0.25, 0.3) is 17.1 Å². The van der Waals surface area contributed by atoms with Crippen molar-refractivity contribution < 1.29 is 24.3 Å². The summed E-state index contributed by atoms with van der Waals surface area (Å²) in [5.41, 5.74) is -1.30. The number of carbonyl (C=O) groups is 1. The van der Waals surface area contributed by atoms with E-state index < -0.39 is 38.7 Å². The highest BCUT2D eigenvalue weighted by Crippen LogP contribution is 2.28. The Morgan fingerprint density at radius 2 is 1.46 bits per heavy atom. The number of nitrogens with zero attached hydrogens (tertiary/aromatic N) is 3. The van der Waals surface area contributed by atoms with E-state index in [1.807, 2.05) is 0 Å². The van der Waals surface area contributed by atoms with Gasteiger partial charge in [0, 0.05) is 18.2 Å². The summed E-state index contributed by atoms with van der Waals surface area (Å²) in [6.07, 6.45) is 0. The van der Waals surface area contributed by atoms with E-state index in [0.29, 0.717) is 0 Å². The number of nitrogens with one attached hydrogen (secondary N) is 1. The van der Waals surface area contributed by atoms with Crippen molar-refractivity contribution in [2.75, 3.05) is 11.9 Å². The van der Waals surface area contributed by atoms with Crippen LogP contribution in [0.3, 0.4) is 0 Å². The van der Waals surface area contributed by atoms with Gasteiger partial charge >= 0.3 is 5.97 Å². The number of nitro benzene ring substituents is 3. The molecule has 2 aromatic rings. The summed E-state index contributed by atoms with van der Waals surface area (Å²) in [6, 6.07) is 7.68. The van der Waals surface area contributed by atoms with E-state index in [4.69, 9.17) is 4.74 Å². The second kappa shape index (κ2) is 7.65. The zero-order chi connectivity index (χ0) is 19.3. The topological polar surface area (TPSA) is 168 Å². The van der Waals surface area contributed by atoms with Gasteiger partial charge in [-0.2, -0.15) is 0 Å². The van der Waals surface area contributed by atoms with Gasteiger partial charge in [-0.05, 0) is 18.2 Å². The number of anilines is 1. The van der Waals surface area contributed by atoms with E-state index in [0.717, 1.165) is 30.3 Å². The van der Waals surface area contributed by atoms with E-state index in [9.17, 15) is 35.1 Å². The molecule has 0 aliphatic carbocycles. The van der Waals surface area contributed by atoms with Crippen molar-refractivity contribution >= 4 is 28.7 Å². The van der Waals surface area contributed by atoms with Gasteiger partial charge < -0.3 is 10.1 Å². The van der Waals surface area contributed by atoms with Gasteiger partial charge in [-0.3, -0.25) is 30.3 Å². The number of nitro groups is 3. The Balaban J connectivity index is 2.03. The second-order valence-corrected chi connectivity index (χ2v) is 4.79. The van der Waals surface area contributed by atoms with Crippen LogP contribution in [0.25, 0.3) is 0 Å². The van der Waals surface area contributed by atoms with Crippen LogP contribution >= 0.6 is 0 Å². The van der Waals surface area contributed by atoms with Crippen LogP contribution < -0.4 is 10.1 Å². The van der Waals surface area contributed by atoms with Gasteiger partial charge in [0.15, 0.2) is 0 Å². The fraction of sp³-hybridized carbons (Fsp3) is 0.0714. The van der Waals surface area contributed by atoms with Gasteiger partial charge in [0.1, 0.15) is 18.0 Å². The van der Waals surface area contributed by atoms with Crippen LogP contribution in [0.1, 0.15) is 0 Å². The molecule has 0 amide bonds. The van der Waals surface area contributed by atoms with Crippen molar-refractivity contribution in [2.24, 2.45) is 0 Å². The number of esters is 1. The van der Waals surface area contributed by atoms with Crippen LogP contribution in [0.15, 0.2) is 42.5 Å². The molecule has 0 spiro atoms. The zero-order valence-corrected chi connectivity index (χ0v) is 12.9. The van der Waals surface area contributed by atoms with Crippen LogP contribution in [0, 0.1) is 30.3 Å². The minimum Gasteiger partial charge on any atom is -0.425 e. The molecule has 0 saturated carbocycles. The number of hydrogen-bond acceptors (Lipinski definition) is 9. The number of ether oxygens (including phenoxy) is 1. The molecule has 2 aromatic carbocycles. The molecular weight excluding hydrogens is 352 g/mol. The summed E-state index contributed by atoms with van der Waals surface area (Å²) in [5.74, 6) is -0.757. The summed E-state index contributed by atoms with van der Waals surface area (Å²) in [5, 5.41) is 34.7. The molecule has 2 rings (SSSR count). The molecule has 0 fully saturated rings. The fourth-order valence-corrected chi connectivity index (χ4v) is 1.90. The standard InChI is InChI=1S/C14H10N4O8/c19-14(26-11-4-1-9(2-5-11)16(20)21)8-15-12-6-3-10(17(22)23)7-13(12)18(24)25/h1-7,15H,8H2. The van der Waals surface area contributed by atoms with Crippen molar-refractivity contribution in [1.29, 1.82) is 0 Å². The molecule has 0 aliphatic heterocycles. The van der Waals surface area contributed by atoms with Crippen LogP contribution in [-0.2, 0) is 4.79 Å². The Kier molecular flexibility index (Phi) is 5.37. The monoisotopic (exact) mass is 362 g/mol. The first-order valence-corrected chi connectivity index (χ1v) is 6.90. The molecule has 12 heteroatoms. The van der Waals surface area contributed by atoms with Crippen molar-refractivity contribution in [3.05, 3.63) is 72.8 Å². The lowest BCUT2D eigenvalue weighted by Gasteiger charge is -2.07. The largest absolute Gasteiger partial charge is 0.425 e. The fourth-order valence-electron chi connectivity index (χ4n) is 1.90. The maximum absolute atomic E-state index is 11.8. The molecule has 1 N–H and O–H groups in total. The zero-order valence-electron chi connectivity index (χ0n) is 12.9. The number of benzene rings is 2.